The second kappa shape index (κ2) is 5.60. The number of carbonyl (C=O) groups is 1. The summed E-state index contributed by atoms with van der Waals surface area (Å²) in [5.74, 6) is 0.314. The molecule has 1 aromatic carbocycles. The van der Waals surface area contributed by atoms with Crippen molar-refractivity contribution in [3.8, 4) is 0 Å². The molecule has 2 rings (SSSR count). The Hall–Kier alpha value is -1.57. The second-order valence-electron chi connectivity index (χ2n) is 6.09. The van der Waals surface area contributed by atoms with Crippen LogP contribution in [0.3, 0.4) is 0 Å². The molecule has 0 saturated carbocycles. The fourth-order valence-corrected chi connectivity index (χ4v) is 2.74. The third kappa shape index (κ3) is 3.46. The van der Waals surface area contributed by atoms with Crippen LogP contribution >= 0.6 is 0 Å². The normalized spacial score (nSPS) is 18.6. The van der Waals surface area contributed by atoms with E-state index in [2.05, 4.69) is 38.2 Å². The molecule has 0 bridgehead atoms. The van der Waals surface area contributed by atoms with Crippen molar-refractivity contribution in [3.05, 3.63) is 47.2 Å². The number of carbonyl (C=O) groups excluding carboxylic acids is 1. The lowest BCUT2D eigenvalue weighted by molar-refractivity contribution is -0.118. The maximum Gasteiger partial charge on any atom is 0.161 e. The van der Waals surface area contributed by atoms with Crippen molar-refractivity contribution in [2.24, 2.45) is 5.41 Å². The Morgan fingerprint density at radius 2 is 1.84 bits per heavy atom. The molecular formula is C17H23NO. The number of hydrogen-bond acceptors (Lipinski definition) is 2. The largest absolute Gasteiger partial charge is 0.384 e. The zero-order valence-electron chi connectivity index (χ0n) is 12.1. The molecule has 2 heteroatoms. The summed E-state index contributed by atoms with van der Waals surface area (Å²) in [4.78, 5) is 12.2. The molecule has 102 valence electrons. The van der Waals surface area contributed by atoms with E-state index in [0.717, 1.165) is 30.7 Å². The smallest absolute Gasteiger partial charge is 0.161 e. The molecule has 0 fully saturated rings. The highest BCUT2D eigenvalue weighted by Crippen LogP contribution is 2.36. The predicted octanol–water partition coefficient (Wildman–Crippen LogP) is 3.83. The molecule has 0 aliphatic heterocycles. The lowest BCUT2D eigenvalue weighted by atomic mass is 9.75. The van der Waals surface area contributed by atoms with Crippen LogP contribution in [0, 0.1) is 5.41 Å². The molecule has 0 heterocycles. The number of ketones is 1. The van der Waals surface area contributed by atoms with Crippen molar-refractivity contribution >= 4 is 5.78 Å². The molecule has 0 atom stereocenters. The highest BCUT2D eigenvalue weighted by molar-refractivity contribution is 5.97. The van der Waals surface area contributed by atoms with Crippen molar-refractivity contribution in [2.75, 3.05) is 0 Å². The van der Waals surface area contributed by atoms with Gasteiger partial charge in [0.25, 0.3) is 0 Å². The minimum Gasteiger partial charge on any atom is -0.384 e. The standard InChI is InChI=1S/C17H23NO/c1-4-14-15(10-17(2,3)11-16(14)19)18-12-13-8-6-5-7-9-13/h5-9,18H,4,10-12H2,1-3H3. The Morgan fingerprint density at radius 3 is 2.47 bits per heavy atom. The molecule has 0 unspecified atom stereocenters. The first-order valence-corrected chi connectivity index (χ1v) is 7.05. The molecule has 1 aromatic rings. The summed E-state index contributed by atoms with van der Waals surface area (Å²) in [5, 5.41) is 3.48. The number of rotatable bonds is 4. The third-order valence-electron chi connectivity index (χ3n) is 3.70. The van der Waals surface area contributed by atoms with Crippen molar-refractivity contribution in [3.63, 3.8) is 0 Å². The summed E-state index contributed by atoms with van der Waals surface area (Å²) in [6, 6.07) is 10.3. The molecule has 0 radical (unpaired) electrons. The van der Waals surface area contributed by atoms with Crippen LogP contribution in [0.25, 0.3) is 0 Å². The average molecular weight is 257 g/mol. The molecule has 0 aromatic heterocycles. The lowest BCUT2D eigenvalue weighted by Crippen LogP contribution is -2.31. The van der Waals surface area contributed by atoms with Crippen molar-refractivity contribution < 1.29 is 4.79 Å². The summed E-state index contributed by atoms with van der Waals surface area (Å²) in [6.45, 7) is 7.20. The lowest BCUT2D eigenvalue weighted by Gasteiger charge is -2.32. The van der Waals surface area contributed by atoms with Crippen LogP contribution < -0.4 is 5.32 Å². The maximum absolute atomic E-state index is 12.2. The van der Waals surface area contributed by atoms with Crippen LogP contribution in [0.4, 0.5) is 0 Å². The van der Waals surface area contributed by atoms with E-state index < -0.39 is 0 Å². The first-order chi connectivity index (χ1) is 9.02. The Labute approximate surface area is 115 Å². The van der Waals surface area contributed by atoms with Crippen LogP contribution in [-0.2, 0) is 11.3 Å². The van der Waals surface area contributed by atoms with Crippen molar-refractivity contribution in [1.82, 2.24) is 5.32 Å². The topological polar surface area (TPSA) is 29.1 Å². The van der Waals surface area contributed by atoms with E-state index in [9.17, 15) is 4.79 Å². The quantitative estimate of drug-likeness (QED) is 0.888. The zero-order chi connectivity index (χ0) is 13.9. The van der Waals surface area contributed by atoms with Gasteiger partial charge in [-0.2, -0.15) is 0 Å². The SMILES string of the molecule is CCC1=C(NCc2ccccc2)CC(C)(C)CC1=O. The van der Waals surface area contributed by atoms with Gasteiger partial charge in [-0.3, -0.25) is 4.79 Å². The fraction of sp³-hybridized carbons (Fsp3) is 0.471. The number of benzene rings is 1. The summed E-state index contributed by atoms with van der Waals surface area (Å²) in [5.41, 5.74) is 3.47. The molecule has 19 heavy (non-hydrogen) atoms. The van der Waals surface area contributed by atoms with Gasteiger partial charge in [0.15, 0.2) is 5.78 Å². The van der Waals surface area contributed by atoms with Gasteiger partial charge in [0, 0.05) is 24.2 Å². The van der Waals surface area contributed by atoms with Gasteiger partial charge in [-0.15, -0.1) is 0 Å². The summed E-state index contributed by atoms with van der Waals surface area (Å²) < 4.78 is 0. The zero-order valence-corrected chi connectivity index (χ0v) is 12.1. The molecule has 1 N–H and O–H groups in total. The Balaban J connectivity index is 2.14. The molecule has 0 amide bonds. The number of nitrogens with one attached hydrogen (secondary N) is 1. The Morgan fingerprint density at radius 1 is 1.16 bits per heavy atom. The second-order valence-corrected chi connectivity index (χ2v) is 6.09. The summed E-state index contributed by atoms with van der Waals surface area (Å²) in [7, 11) is 0. The maximum atomic E-state index is 12.2. The minimum absolute atomic E-state index is 0.0781. The van der Waals surface area contributed by atoms with E-state index in [0.29, 0.717) is 12.2 Å². The Kier molecular flexibility index (Phi) is 4.08. The molecule has 1 aliphatic rings. The molecule has 2 nitrogen and oxygen atoms in total. The van der Waals surface area contributed by atoms with Gasteiger partial charge in [0.1, 0.15) is 0 Å². The van der Waals surface area contributed by atoms with Gasteiger partial charge in [-0.25, -0.2) is 0 Å². The molecule has 0 spiro atoms. The Bertz CT molecular complexity index is 485. The molecular weight excluding hydrogens is 234 g/mol. The minimum atomic E-state index is 0.0781. The van der Waals surface area contributed by atoms with Crippen LogP contribution in [0.1, 0.15) is 45.6 Å². The van der Waals surface area contributed by atoms with Gasteiger partial charge in [0.05, 0.1) is 0 Å². The van der Waals surface area contributed by atoms with E-state index >= 15 is 0 Å². The number of allylic oxidation sites excluding steroid dienone is 2. The van der Waals surface area contributed by atoms with Crippen molar-refractivity contribution in [1.29, 1.82) is 0 Å². The molecule has 1 aliphatic carbocycles. The van der Waals surface area contributed by atoms with Gasteiger partial charge in [0.2, 0.25) is 0 Å². The van der Waals surface area contributed by atoms with E-state index in [-0.39, 0.29) is 5.41 Å². The van der Waals surface area contributed by atoms with E-state index in [1.807, 2.05) is 18.2 Å². The molecule has 0 saturated heterocycles. The van der Waals surface area contributed by atoms with Crippen LogP contribution in [0.5, 0.6) is 0 Å². The van der Waals surface area contributed by atoms with Crippen LogP contribution in [-0.4, -0.2) is 5.78 Å². The summed E-state index contributed by atoms with van der Waals surface area (Å²) >= 11 is 0. The predicted molar refractivity (Wildman–Crippen MR) is 78.6 cm³/mol. The van der Waals surface area contributed by atoms with Gasteiger partial charge in [-0.05, 0) is 23.8 Å². The van der Waals surface area contributed by atoms with Gasteiger partial charge in [-0.1, -0.05) is 51.1 Å². The van der Waals surface area contributed by atoms with Crippen LogP contribution in [0.2, 0.25) is 0 Å². The monoisotopic (exact) mass is 257 g/mol. The first kappa shape index (κ1) is 13.9. The van der Waals surface area contributed by atoms with Gasteiger partial charge >= 0.3 is 0 Å². The third-order valence-corrected chi connectivity index (χ3v) is 3.70. The average Bonchev–Trinajstić information content (AvgIpc) is 2.36. The highest BCUT2D eigenvalue weighted by atomic mass is 16.1. The van der Waals surface area contributed by atoms with E-state index in [1.54, 1.807) is 0 Å². The number of hydrogen-bond donors (Lipinski definition) is 1. The van der Waals surface area contributed by atoms with E-state index in [1.165, 1.54) is 5.56 Å². The summed E-state index contributed by atoms with van der Waals surface area (Å²) in [6.07, 6.45) is 2.47. The van der Waals surface area contributed by atoms with Crippen LogP contribution in [0.15, 0.2) is 41.6 Å². The first-order valence-electron chi connectivity index (χ1n) is 7.05. The van der Waals surface area contributed by atoms with Crippen molar-refractivity contribution in [2.45, 2.75) is 46.6 Å². The highest BCUT2D eigenvalue weighted by Gasteiger charge is 2.31. The fourth-order valence-electron chi connectivity index (χ4n) is 2.74. The van der Waals surface area contributed by atoms with E-state index in [4.69, 9.17) is 0 Å². The van der Waals surface area contributed by atoms with Gasteiger partial charge < -0.3 is 5.32 Å². The number of Topliss-reactive ketones (excluding diaryl/α,β-unsaturated/α-hetero) is 1.